The van der Waals surface area contributed by atoms with E-state index < -0.39 is 22.8 Å². The standard InChI is InChI=1S/C32H36N4O8/c1-20-27(31(37)42-4)29(23-10-9-11-24(18-23)36(39)40)28(21(2)34-20)32(38)44-17-8-6-5-7-16-43-30-26(19-33-35-30)22-12-14-25(41-3)15-13-22/h9-15,18-19,29,34H,5-8,16-17H2,1-4H3,(H,33,35). The van der Waals surface area contributed by atoms with Gasteiger partial charge in [-0.25, -0.2) is 9.59 Å². The number of non-ortho nitro benzene ring substituents is 1. The highest BCUT2D eigenvalue weighted by Gasteiger charge is 2.38. The molecule has 2 heterocycles. The van der Waals surface area contributed by atoms with E-state index in [1.165, 1.54) is 25.3 Å². The monoisotopic (exact) mass is 604 g/mol. The molecule has 4 rings (SSSR count). The predicted molar refractivity (Wildman–Crippen MR) is 162 cm³/mol. The van der Waals surface area contributed by atoms with Gasteiger partial charge in [0.1, 0.15) is 5.75 Å². The molecule has 44 heavy (non-hydrogen) atoms. The molecule has 0 aliphatic carbocycles. The van der Waals surface area contributed by atoms with Crippen molar-refractivity contribution in [2.24, 2.45) is 0 Å². The van der Waals surface area contributed by atoms with E-state index in [1.807, 2.05) is 24.3 Å². The third-order valence-corrected chi connectivity index (χ3v) is 7.32. The molecule has 0 saturated heterocycles. The minimum Gasteiger partial charge on any atom is -0.497 e. The van der Waals surface area contributed by atoms with Gasteiger partial charge in [-0.1, -0.05) is 24.3 Å². The first-order valence-electron chi connectivity index (χ1n) is 14.2. The molecule has 1 aliphatic rings. The van der Waals surface area contributed by atoms with Gasteiger partial charge < -0.3 is 24.3 Å². The van der Waals surface area contributed by atoms with Gasteiger partial charge in [0.25, 0.3) is 5.69 Å². The minimum absolute atomic E-state index is 0.151. The van der Waals surface area contributed by atoms with E-state index in [-0.39, 0.29) is 23.4 Å². The highest BCUT2D eigenvalue weighted by atomic mass is 16.6. The van der Waals surface area contributed by atoms with Gasteiger partial charge in [0, 0.05) is 29.7 Å². The van der Waals surface area contributed by atoms with Crippen LogP contribution in [0.4, 0.5) is 5.69 Å². The molecule has 0 spiro atoms. The molecule has 1 atom stereocenters. The van der Waals surface area contributed by atoms with Gasteiger partial charge >= 0.3 is 11.9 Å². The smallest absolute Gasteiger partial charge is 0.336 e. The fourth-order valence-electron chi connectivity index (χ4n) is 5.13. The van der Waals surface area contributed by atoms with Crippen LogP contribution in [-0.2, 0) is 19.1 Å². The molecule has 1 aromatic heterocycles. The molecule has 3 aromatic rings. The van der Waals surface area contributed by atoms with Crippen molar-refractivity contribution < 1.29 is 33.5 Å². The number of nitro groups is 1. The number of nitrogens with one attached hydrogen (secondary N) is 2. The lowest BCUT2D eigenvalue weighted by molar-refractivity contribution is -0.384. The van der Waals surface area contributed by atoms with Crippen molar-refractivity contribution >= 4 is 17.6 Å². The Morgan fingerprint density at radius 3 is 2.27 bits per heavy atom. The van der Waals surface area contributed by atoms with E-state index in [2.05, 4.69) is 15.5 Å². The van der Waals surface area contributed by atoms with Crippen LogP contribution >= 0.6 is 0 Å². The number of ether oxygens (including phenoxy) is 4. The molecule has 1 aliphatic heterocycles. The first-order valence-corrected chi connectivity index (χ1v) is 14.2. The van der Waals surface area contributed by atoms with E-state index in [0.29, 0.717) is 35.9 Å². The normalized spacial score (nSPS) is 14.6. The summed E-state index contributed by atoms with van der Waals surface area (Å²) in [6.45, 7) is 4.06. The van der Waals surface area contributed by atoms with Gasteiger partial charge in [-0.3, -0.25) is 15.2 Å². The van der Waals surface area contributed by atoms with Crippen LogP contribution in [0.15, 0.2) is 77.3 Å². The van der Waals surface area contributed by atoms with E-state index in [4.69, 9.17) is 18.9 Å². The molecular formula is C32H36N4O8. The van der Waals surface area contributed by atoms with E-state index in [0.717, 1.165) is 36.1 Å². The SMILES string of the molecule is COC(=O)C1=C(C)NC(C)=C(C(=O)OCCCCCCOc2n[nH]cc2-c2ccc(OC)cc2)C1c1cccc([N+](=O)[O-])c1. The first-order chi connectivity index (χ1) is 21.2. The number of carbonyl (C=O) groups is 2. The molecule has 0 fully saturated rings. The lowest BCUT2D eigenvalue weighted by atomic mass is 9.80. The second-order valence-electron chi connectivity index (χ2n) is 10.2. The molecule has 0 saturated carbocycles. The molecular weight excluding hydrogens is 568 g/mol. The lowest BCUT2D eigenvalue weighted by Crippen LogP contribution is -2.32. The first kappa shape index (κ1) is 31.8. The number of esters is 2. The number of unbranched alkanes of at least 4 members (excludes halogenated alkanes) is 3. The summed E-state index contributed by atoms with van der Waals surface area (Å²) in [7, 11) is 2.87. The van der Waals surface area contributed by atoms with Crippen molar-refractivity contribution in [3.05, 3.63) is 92.9 Å². The Morgan fingerprint density at radius 2 is 1.61 bits per heavy atom. The third kappa shape index (κ3) is 7.44. The third-order valence-electron chi connectivity index (χ3n) is 7.32. The molecule has 2 aromatic carbocycles. The van der Waals surface area contributed by atoms with Gasteiger partial charge in [0.2, 0.25) is 5.88 Å². The van der Waals surface area contributed by atoms with Gasteiger partial charge in [-0.2, -0.15) is 0 Å². The van der Waals surface area contributed by atoms with Crippen LogP contribution in [0.25, 0.3) is 11.1 Å². The number of methoxy groups -OCH3 is 2. The van der Waals surface area contributed by atoms with E-state index in [9.17, 15) is 19.7 Å². The molecule has 232 valence electrons. The number of dihydropyridines is 1. The molecule has 2 N–H and O–H groups in total. The molecule has 0 radical (unpaired) electrons. The second kappa shape index (κ2) is 14.9. The molecule has 12 heteroatoms. The highest BCUT2D eigenvalue weighted by Crippen LogP contribution is 2.40. The summed E-state index contributed by atoms with van der Waals surface area (Å²) in [5, 5.41) is 21.6. The van der Waals surface area contributed by atoms with E-state index in [1.54, 1.807) is 33.2 Å². The fraction of sp³-hybridized carbons (Fsp3) is 0.344. The average molecular weight is 605 g/mol. The summed E-state index contributed by atoms with van der Waals surface area (Å²) < 4.78 is 21.7. The number of allylic oxidation sites excluding steroid dienone is 2. The minimum atomic E-state index is -0.891. The molecule has 12 nitrogen and oxygen atoms in total. The number of hydrogen-bond acceptors (Lipinski definition) is 10. The zero-order chi connectivity index (χ0) is 31.6. The van der Waals surface area contributed by atoms with Crippen molar-refractivity contribution in [1.82, 2.24) is 15.5 Å². The number of hydrogen-bond donors (Lipinski definition) is 2. The van der Waals surface area contributed by atoms with Crippen LogP contribution in [0.2, 0.25) is 0 Å². The van der Waals surface area contributed by atoms with Crippen LogP contribution in [0.1, 0.15) is 51.0 Å². The largest absolute Gasteiger partial charge is 0.497 e. The maximum absolute atomic E-state index is 13.4. The number of aromatic nitrogens is 2. The molecule has 0 bridgehead atoms. The summed E-state index contributed by atoms with van der Waals surface area (Å²) >= 11 is 0. The Balaban J connectivity index is 1.30. The van der Waals surface area contributed by atoms with E-state index >= 15 is 0 Å². The Labute approximate surface area is 255 Å². The van der Waals surface area contributed by atoms with Gasteiger partial charge in [0.15, 0.2) is 0 Å². The lowest BCUT2D eigenvalue weighted by Gasteiger charge is -2.30. The Kier molecular flexibility index (Phi) is 10.7. The number of H-pyrrole nitrogens is 1. The molecule has 1 unspecified atom stereocenters. The van der Waals surface area contributed by atoms with Crippen LogP contribution in [0, 0.1) is 10.1 Å². The van der Waals surface area contributed by atoms with Crippen molar-refractivity contribution in [1.29, 1.82) is 0 Å². The summed E-state index contributed by atoms with van der Waals surface area (Å²) in [4.78, 5) is 37.1. The fourth-order valence-corrected chi connectivity index (χ4v) is 5.13. The topological polar surface area (TPSA) is 155 Å². The summed E-state index contributed by atoms with van der Waals surface area (Å²) in [6, 6.07) is 13.5. The zero-order valence-electron chi connectivity index (χ0n) is 25.2. The van der Waals surface area contributed by atoms with Crippen molar-refractivity contribution in [3.63, 3.8) is 0 Å². The van der Waals surface area contributed by atoms with Crippen molar-refractivity contribution in [3.8, 4) is 22.8 Å². The summed E-state index contributed by atoms with van der Waals surface area (Å²) in [5.74, 6) is -0.834. The second-order valence-corrected chi connectivity index (χ2v) is 10.2. The number of aromatic amines is 1. The number of nitro benzene ring substituents is 1. The van der Waals surface area contributed by atoms with Crippen molar-refractivity contribution in [2.75, 3.05) is 27.4 Å². The van der Waals surface area contributed by atoms with Crippen LogP contribution in [-0.4, -0.2) is 54.5 Å². The van der Waals surface area contributed by atoms with Gasteiger partial charge in [-0.05, 0) is 62.8 Å². The zero-order valence-corrected chi connectivity index (χ0v) is 25.2. The average Bonchev–Trinajstić information content (AvgIpc) is 3.50. The predicted octanol–water partition coefficient (Wildman–Crippen LogP) is 5.58. The summed E-state index contributed by atoms with van der Waals surface area (Å²) in [5.41, 5.74) is 3.49. The number of benzene rings is 2. The van der Waals surface area contributed by atoms with Crippen LogP contribution in [0.5, 0.6) is 11.6 Å². The Bertz CT molecular complexity index is 1560. The Morgan fingerprint density at radius 1 is 0.932 bits per heavy atom. The van der Waals surface area contributed by atoms with Crippen LogP contribution < -0.4 is 14.8 Å². The summed E-state index contributed by atoms with van der Waals surface area (Å²) in [6.07, 6.45) is 4.87. The van der Waals surface area contributed by atoms with Crippen LogP contribution in [0.3, 0.4) is 0 Å². The quantitative estimate of drug-likeness (QED) is 0.103. The number of nitrogens with zero attached hydrogens (tertiary/aromatic N) is 2. The maximum Gasteiger partial charge on any atom is 0.336 e. The van der Waals surface area contributed by atoms with Gasteiger partial charge in [0.05, 0.1) is 55.0 Å². The molecule has 0 amide bonds. The number of rotatable bonds is 14. The van der Waals surface area contributed by atoms with Gasteiger partial charge in [-0.15, -0.1) is 5.10 Å². The highest BCUT2D eigenvalue weighted by molar-refractivity contribution is 5.99. The van der Waals surface area contributed by atoms with Crippen molar-refractivity contribution in [2.45, 2.75) is 45.4 Å². The maximum atomic E-state index is 13.4. The Hall–Kier alpha value is -5.13. The number of carbonyl (C=O) groups excluding carboxylic acids is 2.